The molecular weight excluding hydrogens is 280 g/mol. The maximum Gasteiger partial charge on any atom is 0.262 e. The van der Waals surface area contributed by atoms with E-state index in [1.807, 2.05) is 24.3 Å². The third-order valence-corrected chi connectivity index (χ3v) is 3.12. The number of carbonyl (C=O) groups is 2. The molecule has 2 amide bonds. The fourth-order valence-corrected chi connectivity index (χ4v) is 1.89. The smallest absolute Gasteiger partial charge is 0.262 e. The summed E-state index contributed by atoms with van der Waals surface area (Å²) in [6, 6.07) is 16.2. The first-order chi connectivity index (χ1) is 10.6. The molecule has 0 radical (unpaired) electrons. The molecular formula is C17H18N2O3. The van der Waals surface area contributed by atoms with E-state index < -0.39 is 0 Å². The van der Waals surface area contributed by atoms with Gasteiger partial charge in [-0.15, -0.1) is 0 Å². The van der Waals surface area contributed by atoms with Gasteiger partial charge in [0.1, 0.15) is 5.75 Å². The number of ether oxygens (including phenoxy) is 1. The van der Waals surface area contributed by atoms with Crippen LogP contribution in [0.2, 0.25) is 0 Å². The van der Waals surface area contributed by atoms with Gasteiger partial charge in [0.15, 0.2) is 6.61 Å². The van der Waals surface area contributed by atoms with Gasteiger partial charge in [-0.25, -0.2) is 0 Å². The number of hydrogen-bond donors (Lipinski definition) is 1. The predicted molar refractivity (Wildman–Crippen MR) is 86.1 cm³/mol. The summed E-state index contributed by atoms with van der Waals surface area (Å²) in [5.41, 5.74) is 1.21. The first-order valence-corrected chi connectivity index (χ1v) is 6.89. The monoisotopic (exact) mass is 298 g/mol. The molecule has 5 nitrogen and oxygen atoms in total. The Morgan fingerprint density at radius 3 is 2.36 bits per heavy atom. The molecule has 0 fully saturated rings. The molecule has 0 aliphatic heterocycles. The number of amides is 2. The Balaban J connectivity index is 2.01. The molecule has 0 heterocycles. The first kappa shape index (κ1) is 15.6. The van der Waals surface area contributed by atoms with E-state index in [9.17, 15) is 9.59 Å². The number of benzene rings is 2. The maximum atomic E-state index is 12.0. The lowest BCUT2D eigenvalue weighted by Gasteiger charge is -2.19. The van der Waals surface area contributed by atoms with Gasteiger partial charge < -0.3 is 15.0 Å². The van der Waals surface area contributed by atoms with Gasteiger partial charge in [0.25, 0.3) is 5.91 Å². The Morgan fingerprint density at radius 2 is 1.68 bits per heavy atom. The average Bonchev–Trinajstić information content (AvgIpc) is 2.53. The van der Waals surface area contributed by atoms with E-state index in [1.54, 1.807) is 37.4 Å². The zero-order valence-electron chi connectivity index (χ0n) is 12.6. The standard InChI is InChI=1S/C17H18N2O3/c1-13(20)19(2)16-11-7-6-10-15(16)18-17(21)12-22-14-8-4-3-5-9-14/h3-11H,12H2,1-2H3,(H,18,21). The van der Waals surface area contributed by atoms with E-state index in [1.165, 1.54) is 11.8 Å². The van der Waals surface area contributed by atoms with Crippen LogP contribution in [-0.2, 0) is 9.59 Å². The van der Waals surface area contributed by atoms with E-state index in [4.69, 9.17) is 4.74 Å². The zero-order chi connectivity index (χ0) is 15.9. The highest BCUT2D eigenvalue weighted by atomic mass is 16.5. The Hall–Kier alpha value is -2.82. The van der Waals surface area contributed by atoms with Crippen molar-refractivity contribution in [3.05, 3.63) is 54.6 Å². The fraction of sp³-hybridized carbons (Fsp3) is 0.176. The van der Waals surface area contributed by atoms with E-state index in [-0.39, 0.29) is 18.4 Å². The van der Waals surface area contributed by atoms with Crippen molar-refractivity contribution in [2.45, 2.75) is 6.92 Å². The largest absolute Gasteiger partial charge is 0.484 e. The zero-order valence-corrected chi connectivity index (χ0v) is 12.6. The molecule has 0 aliphatic carbocycles. The summed E-state index contributed by atoms with van der Waals surface area (Å²) >= 11 is 0. The Kier molecular flexibility index (Phi) is 5.14. The van der Waals surface area contributed by atoms with Crippen LogP contribution in [0.25, 0.3) is 0 Å². The van der Waals surface area contributed by atoms with E-state index in [2.05, 4.69) is 5.32 Å². The Morgan fingerprint density at radius 1 is 1.05 bits per heavy atom. The highest BCUT2D eigenvalue weighted by Crippen LogP contribution is 2.24. The summed E-state index contributed by atoms with van der Waals surface area (Å²) < 4.78 is 5.40. The Labute approximate surface area is 129 Å². The SMILES string of the molecule is CC(=O)N(C)c1ccccc1NC(=O)COc1ccccc1. The number of hydrogen-bond acceptors (Lipinski definition) is 3. The van der Waals surface area contributed by atoms with Crippen molar-refractivity contribution in [3.63, 3.8) is 0 Å². The van der Waals surface area contributed by atoms with Crippen molar-refractivity contribution in [1.82, 2.24) is 0 Å². The number of nitrogens with one attached hydrogen (secondary N) is 1. The molecule has 2 aromatic rings. The number of anilines is 2. The normalized spacial score (nSPS) is 9.91. The molecule has 22 heavy (non-hydrogen) atoms. The fourth-order valence-electron chi connectivity index (χ4n) is 1.89. The molecule has 0 aromatic heterocycles. The van der Waals surface area contributed by atoms with E-state index in [0.717, 1.165) is 0 Å². The van der Waals surface area contributed by atoms with Crippen LogP contribution in [-0.4, -0.2) is 25.5 Å². The number of carbonyl (C=O) groups excluding carboxylic acids is 2. The van der Waals surface area contributed by atoms with Crippen LogP contribution in [0.1, 0.15) is 6.92 Å². The Bertz CT molecular complexity index is 656. The molecule has 0 unspecified atom stereocenters. The molecule has 0 bridgehead atoms. The molecule has 114 valence electrons. The van der Waals surface area contributed by atoms with Gasteiger partial charge in [-0.2, -0.15) is 0 Å². The molecule has 0 atom stereocenters. The third-order valence-electron chi connectivity index (χ3n) is 3.12. The predicted octanol–water partition coefficient (Wildman–Crippen LogP) is 2.69. The van der Waals surface area contributed by atoms with Crippen LogP contribution >= 0.6 is 0 Å². The summed E-state index contributed by atoms with van der Waals surface area (Å²) in [6.45, 7) is 1.37. The van der Waals surface area contributed by atoms with Gasteiger partial charge in [-0.1, -0.05) is 30.3 Å². The maximum absolute atomic E-state index is 12.0. The van der Waals surface area contributed by atoms with Crippen molar-refractivity contribution in [3.8, 4) is 5.75 Å². The van der Waals surface area contributed by atoms with E-state index in [0.29, 0.717) is 17.1 Å². The summed E-state index contributed by atoms with van der Waals surface area (Å²) in [5, 5.41) is 2.76. The van der Waals surface area contributed by atoms with Gasteiger partial charge in [0.2, 0.25) is 5.91 Å². The van der Waals surface area contributed by atoms with Crippen LogP contribution in [0.4, 0.5) is 11.4 Å². The van der Waals surface area contributed by atoms with Crippen LogP contribution in [0.3, 0.4) is 0 Å². The summed E-state index contributed by atoms with van der Waals surface area (Å²) in [7, 11) is 1.66. The molecule has 5 heteroatoms. The topological polar surface area (TPSA) is 58.6 Å². The van der Waals surface area contributed by atoms with Gasteiger partial charge >= 0.3 is 0 Å². The number of rotatable bonds is 5. The lowest BCUT2D eigenvalue weighted by Crippen LogP contribution is -2.26. The minimum Gasteiger partial charge on any atom is -0.484 e. The van der Waals surface area contributed by atoms with Crippen LogP contribution in [0.15, 0.2) is 54.6 Å². The quantitative estimate of drug-likeness (QED) is 0.923. The number of para-hydroxylation sites is 3. The van der Waals surface area contributed by atoms with Gasteiger partial charge in [0, 0.05) is 14.0 Å². The molecule has 2 aromatic carbocycles. The van der Waals surface area contributed by atoms with Crippen molar-refractivity contribution in [2.24, 2.45) is 0 Å². The summed E-state index contributed by atoms with van der Waals surface area (Å²) in [4.78, 5) is 25.0. The van der Waals surface area contributed by atoms with Crippen molar-refractivity contribution in [1.29, 1.82) is 0 Å². The van der Waals surface area contributed by atoms with Crippen LogP contribution < -0.4 is 15.0 Å². The summed E-state index contributed by atoms with van der Waals surface area (Å²) in [5.74, 6) is 0.238. The first-order valence-electron chi connectivity index (χ1n) is 6.89. The second kappa shape index (κ2) is 7.26. The molecule has 1 N–H and O–H groups in total. The van der Waals surface area contributed by atoms with Gasteiger partial charge in [-0.3, -0.25) is 9.59 Å². The third kappa shape index (κ3) is 4.09. The summed E-state index contributed by atoms with van der Waals surface area (Å²) in [6.07, 6.45) is 0. The molecule has 0 aliphatic rings. The van der Waals surface area contributed by atoms with Crippen LogP contribution in [0, 0.1) is 0 Å². The highest BCUT2D eigenvalue weighted by Gasteiger charge is 2.12. The molecule has 0 saturated heterocycles. The molecule has 0 saturated carbocycles. The van der Waals surface area contributed by atoms with Crippen molar-refractivity contribution in [2.75, 3.05) is 23.9 Å². The second-order valence-electron chi connectivity index (χ2n) is 4.75. The van der Waals surface area contributed by atoms with Crippen molar-refractivity contribution < 1.29 is 14.3 Å². The van der Waals surface area contributed by atoms with Crippen LogP contribution in [0.5, 0.6) is 5.75 Å². The van der Waals surface area contributed by atoms with E-state index >= 15 is 0 Å². The van der Waals surface area contributed by atoms with Gasteiger partial charge in [0.05, 0.1) is 11.4 Å². The minimum atomic E-state index is -0.284. The highest BCUT2D eigenvalue weighted by molar-refractivity contribution is 6.00. The lowest BCUT2D eigenvalue weighted by molar-refractivity contribution is -0.118. The average molecular weight is 298 g/mol. The molecule has 2 rings (SSSR count). The number of nitrogens with zero attached hydrogens (tertiary/aromatic N) is 1. The minimum absolute atomic E-state index is 0.0951. The lowest BCUT2D eigenvalue weighted by atomic mass is 10.2. The van der Waals surface area contributed by atoms with Crippen molar-refractivity contribution >= 4 is 23.2 Å². The van der Waals surface area contributed by atoms with Gasteiger partial charge in [-0.05, 0) is 24.3 Å². The molecule has 0 spiro atoms. The second-order valence-corrected chi connectivity index (χ2v) is 4.75.